The van der Waals surface area contributed by atoms with E-state index in [9.17, 15) is 19.5 Å². The first-order chi connectivity index (χ1) is 11.7. The number of carboxylic acid groups (broad SMARTS) is 1. The number of aromatic nitrogens is 2. The fourth-order valence-corrected chi connectivity index (χ4v) is 4.49. The van der Waals surface area contributed by atoms with Gasteiger partial charge in [0.1, 0.15) is 5.56 Å². The smallest absolute Gasteiger partial charge is 0.317 e. The van der Waals surface area contributed by atoms with Crippen LogP contribution in [0.25, 0.3) is 4.96 Å². The molecule has 2 aromatic rings. The number of hydrogen-bond acceptors (Lipinski definition) is 7. The summed E-state index contributed by atoms with van der Waals surface area (Å²) in [5.74, 6) is -2.40. The second-order valence-corrected chi connectivity index (χ2v) is 8.03. The molecule has 134 valence electrons. The van der Waals surface area contributed by atoms with Crippen LogP contribution in [-0.4, -0.2) is 44.4 Å². The summed E-state index contributed by atoms with van der Waals surface area (Å²) in [5, 5.41) is 21.1. The molecule has 0 fully saturated rings. The Morgan fingerprint density at radius 2 is 2.08 bits per heavy atom. The monoisotopic (exact) mass is 365 g/mol. The molecule has 25 heavy (non-hydrogen) atoms. The average molecular weight is 365 g/mol. The highest BCUT2D eigenvalue weighted by Gasteiger charge is 2.31. The van der Waals surface area contributed by atoms with Crippen LogP contribution in [0.15, 0.2) is 4.79 Å². The minimum atomic E-state index is -1.11. The Balaban J connectivity index is 2.03. The SMILES string of the molecule is CC1(C)CCc2c(sc3nc(O)c(C(=O)CNCC(=O)O)c(=O)n23)C1. The number of fused-ring (bicyclic) bond motifs is 3. The first-order valence-corrected chi connectivity index (χ1v) is 8.73. The standard InChI is InChI=1S/C16H19N3O5S/c1-16(2)4-3-8-10(5-16)25-15-18-13(23)12(14(24)19(8)15)9(20)6-17-7-11(21)22/h17,23H,3-7H2,1-2H3,(H,21,22). The van der Waals surface area contributed by atoms with E-state index in [1.54, 1.807) is 0 Å². The molecule has 8 nitrogen and oxygen atoms in total. The Morgan fingerprint density at radius 3 is 2.76 bits per heavy atom. The molecule has 2 aromatic heterocycles. The molecule has 0 amide bonds. The van der Waals surface area contributed by atoms with Gasteiger partial charge in [0.05, 0.1) is 13.1 Å². The van der Waals surface area contributed by atoms with Crippen molar-refractivity contribution < 1.29 is 19.8 Å². The molecule has 0 unspecified atom stereocenters. The van der Waals surface area contributed by atoms with Crippen molar-refractivity contribution in [2.45, 2.75) is 33.1 Å². The molecule has 0 spiro atoms. The number of ketones is 1. The van der Waals surface area contributed by atoms with Crippen molar-refractivity contribution in [2.75, 3.05) is 13.1 Å². The number of rotatable bonds is 5. The van der Waals surface area contributed by atoms with Crippen molar-refractivity contribution >= 4 is 28.1 Å². The molecule has 2 heterocycles. The van der Waals surface area contributed by atoms with Crippen molar-refractivity contribution in [2.24, 2.45) is 5.41 Å². The van der Waals surface area contributed by atoms with Gasteiger partial charge in [-0.05, 0) is 24.7 Å². The number of aliphatic carboxylic acids is 1. The highest BCUT2D eigenvalue weighted by Crippen LogP contribution is 2.38. The second kappa shape index (κ2) is 6.23. The predicted molar refractivity (Wildman–Crippen MR) is 91.6 cm³/mol. The Hall–Kier alpha value is -2.26. The maximum atomic E-state index is 12.8. The molecule has 3 N–H and O–H groups in total. The van der Waals surface area contributed by atoms with Gasteiger partial charge in [-0.25, -0.2) is 0 Å². The van der Waals surface area contributed by atoms with Crippen molar-refractivity contribution in [1.29, 1.82) is 0 Å². The topological polar surface area (TPSA) is 121 Å². The zero-order valence-corrected chi connectivity index (χ0v) is 14.8. The zero-order chi connectivity index (χ0) is 18.4. The van der Waals surface area contributed by atoms with Crippen molar-refractivity contribution in [3.05, 3.63) is 26.5 Å². The molecule has 0 atom stereocenters. The summed E-state index contributed by atoms with van der Waals surface area (Å²) in [7, 11) is 0. The van der Waals surface area contributed by atoms with E-state index in [0.29, 0.717) is 11.4 Å². The van der Waals surface area contributed by atoms with Crippen LogP contribution in [0.4, 0.5) is 0 Å². The number of carboxylic acids is 1. The Morgan fingerprint density at radius 1 is 1.36 bits per heavy atom. The molecule has 1 aliphatic rings. The predicted octanol–water partition coefficient (Wildman–Crippen LogP) is 0.833. The third kappa shape index (κ3) is 3.29. The summed E-state index contributed by atoms with van der Waals surface area (Å²) in [4.78, 5) is 41.0. The summed E-state index contributed by atoms with van der Waals surface area (Å²) >= 11 is 1.36. The minimum absolute atomic E-state index is 0.138. The summed E-state index contributed by atoms with van der Waals surface area (Å²) in [5.41, 5.74) is -0.00845. The van der Waals surface area contributed by atoms with Gasteiger partial charge in [0.25, 0.3) is 5.56 Å². The molecular formula is C16H19N3O5S. The van der Waals surface area contributed by atoms with Crippen LogP contribution in [-0.2, 0) is 17.6 Å². The van der Waals surface area contributed by atoms with Crippen LogP contribution in [0.2, 0.25) is 0 Å². The molecule has 9 heteroatoms. The number of nitrogens with zero attached hydrogens (tertiary/aromatic N) is 2. The van der Waals surface area contributed by atoms with Crippen LogP contribution >= 0.6 is 11.3 Å². The molecular weight excluding hydrogens is 346 g/mol. The van der Waals surface area contributed by atoms with E-state index in [1.165, 1.54) is 15.7 Å². The number of aryl methyl sites for hydroxylation is 1. The normalized spacial score (nSPS) is 15.9. The highest BCUT2D eigenvalue weighted by atomic mass is 32.1. The molecule has 0 bridgehead atoms. The molecule has 0 radical (unpaired) electrons. The summed E-state index contributed by atoms with van der Waals surface area (Å²) in [6.45, 7) is 3.56. The van der Waals surface area contributed by atoms with Crippen LogP contribution in [0.1, 0.15) is 41.2 Å². The third-order valence-electron chi connectivity index (χ3n) is 4.36. The number of carbonyl (C=O) groups excluding carboxylic acids is 1. The van der Waals surface area contributed by atoms with Gasteiger partial charge < -0.3 is 10.2 Å². The van der Waals surface area contributed by atoms with E-state index >= 15 is 0 Å². The Bertz CT molecular complexity index is 928. The largest absolute Gasteiger partial charge is 0.493 e. The van der Waals surface area contributed by atoms with Gasteiger partial charge >= 0.3 is 5.97 Å². The first kappa shape index (κ1) is 17.6. The second-order valence-electron chi connectivity index (χ2n) is 6.97. The van der Waals surface area contributed by atoms with Crippen molar-refractivity contribution in [3.8, 4) is 5.88 Å². The van der Waals surface area contributed by atoms with Crippen LogP contribution < -0.4 is 10.9 Å². The summed E-state index contributed by atoms with van der Waals surface area (Å²) in [6, 6.07) is 0. The lowest BCUT2D eigenvalue weighted by atomic mass is 9.79. The minimum Gasteiger partial charge on any atom is -0.493 e. The average Bonchev–Trinajstić information content (AvgIpc) is 2.82. The van der Waals surface area contributed by atoms with Crippen molar-refractivity contribution in [1.82, 2.24) is 14.7 Å². The first-order valence-electron chi connectivity index (χ1n) is 7.91. The van der Waals surface area contributed by atoms with E-state index in [4.69, 9.17) is 5.11 Å². The van der Waals surface area contributed by atoms with E-state index in [-0.39, 0.29) is 12.0 Å². The fourth-order valence-electron chi connectivity index (χ4n) is 3.08. The zero-order valence-electron chi connectivity index (χ0n) is 14.0. The quantitative estimate of drug-likeness (QED) is 0.671. The van der Waals surface area contributed by atoms with Gasteiger partial charge in [-0.2, -0.15) is 4.98 Å². The van der Waals surface area contributed by atoms with Gasteiger partial charge in [-0.1, -0.05) is 13.8 Å². The number of hydrogen-bond donors (Lipinski definition) is 3. The molecule has 0 aliphatic heterocycles. The number of Topliss-reactive ketones (excluding diaryl/α,β-unsaturated/α-hetero) is 1. The lowest BCUT2D eigenvalue weighted by Crippen LogP contribution is -2.33. The summed E-state index contributed by atoms with van der Waals surface area (Å²) in [6.07, 6.45) is 2.45. The van der Waals surface area contributed by atoms with Gasteiger partial charge in [0.2, 0.25) is 5.88 Å². The van der Waals surface area contributed by atoms with Gasteiger partial charge in [-0.15, -0.1) is 11.3 Å². The molecule has 0 aromatic carbocycles. The third-order valence-corrected chi connectivity index (χ3v) is 5.44. The van der Waals surface area contributed by atoms with E-state index < -0.39 is 35.3 Å². The van der Waals surface area contributed by atoms with Gasteiger partial charge in [-0.3, -0.25) is 24.1 Å². The summed E-state index contributed by atoms with van der Waals surface area (Å²) < 4.78 is 1.42. The lowest BCUT2D eigenvalue weighted by Gasteiger charge is -2.28. The lowest BCUT2D eigenvalue weighted by molar-refractivity contribution is -0.135. The maximum Gasteiger partial charge on any atom is 0.317 e. The van der Waals surface area contributed by atoms with Crippen LogP contribution in [0.5, 0.6) is 5.88 Å². The number of aromatic hydroxyl groups is 1. The van der Waals surface area contributed by atoms with Crippen LogP contribution in [0.3, 0.4) is 0 Å². The molecule has 3 rings (SSSR count). The Kier molecular flexibility index (Phi) is 4.38. The van der Waals surface area contributed by atoms with E-state index in [2.05, 4.69) is 24.1 Å². The van der Waals surface area contributed by atoms with Crippen LogP contribution in [0, 0.1) is 5.41 Å². The van der Waals surface area contributed by atoms with Crippen molar-refractivity contribution in [3.63, 3.8) is 0 Å². The number of thiazole rings is 1. The van der Waals surface area contributed by atoms with Gasteiger partial charge in [0, 0.05) is 10.6 Å². The maximum absolute atomic E-state index is 12.8. The van der Waals surface area contributed by atoms with Gasteiger partial charge in [0.15, 0.2) is 10.7 Å². The highest BCUT2D eigenvalue weighted by molar-refractivity contribution is 7.17. The number of nitrogens with one attached hydrogen (secondary N) is 1. The molecule has 1 aliphatic carbocycles. The van der Waals surface area contributed by atoms with E-state index in [1.807, 2.05) is 0 Å². The Labute approximate surface area is 147 Å². The molecule has 0 saturated carbocycles. The molecule has 0 saturated heterocycles. The van der Waals surface area contributed by atoms with E-state index in [0.717, 1.165) is 23.4 Å². The number of carbonyl (C=O) groups is 2. The fraction of sp³-hybridized carbons (Fsp3) is 0.500.